The molecule has 25 nitrogen and oxygen atoms in total. The van der Waals surface area contributed by atoms with Gasteiger partial charge in [0.2, 0.25) is 0 Å². The molecule has 0 bridgehead atoms. The van der Waals surface area contributed by atoms with Crippen molar-refractivity contribution in [1.82, 2.24) is 0 Å². The Morgan fingerprint density at radius 3 is 1.26 bits per heavy atom. The zero-order valence-corrected chi connectivity index (χ0v) is 27.6. The van der Waals surface area contributed by atoms with Crippen molar-refractivity contribution < 1.29 is 58.0 Å². The lowest BCUT2D eigenvalue weighted by Crippen LogP contribution is -2.38. The highest BCUT2D eigenvalue weighted by Gasteiger charge is 2.37. The first-order valence-electron chi connectivity index (χ1n) is 11.3. The van der Waals surface area contributed by atoms with Crippen LogP contribution in [0.4, 0.5) is 0 Å². The highest BCUT2D eigenvalue weighted by Crippen LogP contribution is 2.21. The van der Waals surface area contributed by atoms with E-state index in [1.807, 2.05) is 0 Å². The third-order valence-corrected chi connectivity index (χ3v) is 8.98. The molecular weight excluding hydrogens is 784 g/mol. The third-order valence-electron chi connectivity index (χ3n) is 4.59. The molecule has 0 amide bonds. The van der Waals surface area contributed by atoms with Gasteiger partial charge in [-0.2, -0.15) is 15.8 Å². The van der Waals surface area contributed by atoms with E-state index in [1.165, 1.54) is 0 Å². The maximum atomic E-state index is 10.9. The molecule has 0 aromatic rings. The van der Waals surface area contributed by atoms with Gasteiger partial charge in [0.05, 0.1) is 11.5 Å². The van der Waals surface area contributed by atoms with E-state index in [2.05, 4.69) is 40.1 Å². The number of thioether (sulfide) groups is 3. The Kier molecular flexibility index (Phi) is 23.2. The average Bonchev–Trinajstić information content (AvgIpc) is 3.19. The van der Waals surface area contributed by atoms with Gasteiger partial charge in [-0.05, 0) is 41.2 Å². The molecule has 0 N–H and O–H groups in total. The first-order chi connectivity index (χ1) is 21.4. The van der Waals surface area contributed by atoms with Gasteiger partial charge in [-0.25, -0.2) is 8.42 Å². The standard InChI is InChI=1S/C6H6N4O6S2.C5H6BrN3O6S.C5H9NO5S/c7-3-17-1-5(15-9(11)12)6(2-18-4-8)16-10(13)14;6-1-4(14-8(10)11)5(2-16-3-7)15-9(12)13;1-4-2-12(9,10)3-5(4)11-6(7)8/h5-6H,1-2H2;4-5H,1-2H2;4-5H,2-3H2,1H3. The maximum Gasteiger partial charge on any atom is 0.294 e. The molecule has 1 aliphatic rings. The van der Waals surface area contributed by atoms with Gasteiger partial charge in [-0.3, -0.25) is 0 Å². The number of hydrogen-bond donors (Lipinski definition) is 0. The van der Waals surface area contributed by atoms with E-state index in [1.54, 1.807) is 23.1 Å². The van der Waals surface area contributed by atoms with E-state index in [4.69, 9.17) is 15.8 Å². The van der Waals surface area contributed by atoms with Gasteiger partial charge in [-0.1, -0.05) is 22.9 Å². The Morgan fingerprint density at radius 1 is 0.696 bits per heavy atom. The predicted octanol–water partition coefficient (Wildman–Crippen LogP) is 0.946. The SMILES string of the molecule is CC1CS(=O)(=O)CC1O[N+](=O)[O-].N#CSCC(O[N+](=O)[O-])C(CBr)O[N+](=O)[O-].N#CSCC(O[N+](=O)[O-])C(CSC#N)O[N+](=O)[O-]. The van der Waals surface area contributed by atoms with E-state index >= 15 is 0 Å². The van der Waals surface area contributed by atoms with Crippen LogP contribution in [0.3, 0.4) is 0 Å². The fraction of sp³-hybridized carbons (Fsp3) is 0.812. The maximum absolute atomic E-state index is 10.9. The lowest BCUT2D eigenvalue weighted by atomic mass is 10.1. The first-order valence-corrected chi connectivity index (χ1v) is 17.2. The van der Waals surface area contributed by atoms with Crippen LogP contribution in [0.5, 0.6) is 0 Å². The molecule has 6 atom stereocenters. The quantitative estimate of drug-likeness (QED) is 0.0758. The van der Waals surface area contributed by atoms with Crippen LogP contribution in [-0.2, 0) is 34.0 Å². The Bertz CT molecular complexity index is 1230. The number of sulfone groups is 1. The minimum Gasteiger partial charge on any atom is -0.309 e. The van der Waals surface area contributed by atoms with Crippen molar-refractivity contribution in [3.63, 3.8) is 0 Å². The summed E-state index contributed by atoms with van der Waals surface area (Å²) in [6.07, 6.45) is -5.75. The molecule has 1 fully saturated rings. The number of alkyl halides is 1. The molecule has 1 saturated heterocycles. The zero-order chi connectivity index (χ0) is 35.9. The monoisotopic (exact) mass is 804 g/mol. The molecule has 30 heteroatoms. The van der Waals surface area contributed by atoms with Crippen LogP contribution in [0, 0.1) is 88.5 Å². The molecule has 0 radical (unpaired) electrons. The Hall–Kier alpha value is -4.05. The zero-order valence-electron chi connectivity index (χ0n) is 22.7. The number of nitriles is 3. The number of rotatable bonds is 19. The van der Waals surface area contributed by atoms with E-state index < -0.39 is 65.8 Å². The molecule has 0 aliphatic carbocycles. The Labute approximate surface area is 278 Å². The van der Waals surface area contributed by atoms with Crippen molar-refractivity contribution in [2.75, 3.05) is 34.1 Å². The summed E-state index contributed by atoms with van der Waals surface area (Å²) in [5, 5.41) is 75.2. The molecule has 1 aliphatic heterocycles. The molecular formula is C16H21BrN8O17S4. The molecule has 0 saturated carbocycles. The summed E-state index contributed by atoms with van der Waals surface area (Å²) in [6, 6.07) is 0. The van der Waals surface area contributed by atoms with Gasteiger partial charge >= 0.3 is 0 Å². The number of thiocyanates is 3. The van der Waals surface area contributed by atoms with Gasteiger partial charge in [0.1, 0.15) is 46.7 Å². The van der Waals surface area contributed by atoms with Crippen molar-refractivity contribution in [3.05, 3.63) is 50.6 Å². The first kappa shape index (κ1) is 44.1. The highest BCUT2D eigenvalue weighted by atomic mass is 79.9. The summed E-state index contributed by atoms with van der Waals surface area (Å²) in [5.41, 5.74) is 0. The minimum atomic E-state index is -3.12. The summed E-state index contributed by atoms with van der Waals surface area (Å²) in [4.78, 5) is 71.6. The topological polar surface area (TPSA) is 367 Å². The second kappa shape index (κ2) is 24.2. The van der Waals surface area contributed by atoms with Gasteiger partial charge < -0.3 is 24.2 Å². The highest BCUT2D eigenvalue weighted by molar-refractivity contribution is 9.09. The van der Waals surface area contributed by atoms with Crippen molar-refractivity contribution in [1.29, 1.82) is 15.8 Å². The van der Waals surface area contributed by atoms with Crippen LogP contribution in [0.25, 0.3) is 0 Å². The Balaban J connectivity index is 0. The van der Waals surface area contributed by atoms with Crippen LogP contribution in [0.2, 0.25) is 0 Å². The van der Waals surface area contributed by atoms with Crippen LogP contribution in [0.1, 0.15) is 6.92 Å². The summed E-state index contributed by atoms with van der Waals surface area (Å²) in [5.74, 6) is -1.05. The molecule has 1 heterocycles. The van der Waals surface area contributed by atoms with E-state index in [-0.39, 0.29) is 40.0 Å². The predicted molar refractivity (Wildman–Crippen MR) is 155 cm³/mol. The summed E-state index contributed by atoms with van der Waals surface area (Å²) >= 11 is 4.84. The second-order valence-electron chi connectivity index (χ2n) is 7.75. The average molecular weight is 806 g/mol. The van der Waals surface area contributed by atoms with Crippen molar-refractivity contribution >= 4 is 61.1 Å². The van der Waals surface area contributed by atoms with E-state index in [0.29, 0.717) is 35.3 Å². The molecule has 258 valence electrons. The number of halogens is 1. The molecule has 6 unspecified atom stereocenters. The van der Waals surface area contributed by atoms with Gasteiger partial charge in [0, 0.05) is 22.6 Å². The van der Waals surface area contributed by atoms with Crippen LogP contribution in [0.15, 0.2) is 0 Å². The van der Waals surface area contributed by atoms with Crippen LogP contribution < -0.4 is 0 Å². The van der Waals surface area contributed by atoms with Crippen molar-refractivity contribution in [2.45, 2.75) is 37.4 Å². The molecule has 0 aromatic heterocycles. The van der Waals surface area contributed by atoms with Crippen LogP contribution in [-0.4, -0.2) is 98.5 Å². The largest absolute Gasteiger partial charge is 0.309 e. The molecule has 0 aromatic carbocycles. The summed E-state index contributed by atoms with van der Waals surface area (Å²) in [6.45, 7) is 1.62. The van der Waals surface area contributed by atoms with Gasteiger partial charge in [0.25, 0.3) is 25.4 Å². The van der Waals surface area contributed by atoms with Crippen LogP contribution >= 0.6 is 51.2 Å². The fourth-order valence-electron chi connectivity index (χ4n) is 2.85. The Morgan fingerprint density at radius 2 is 1.02 bits per heavy atom. The smallest absolute Gasteiger partial charge is 0.294 e. The second-order valence-corrected chi connectivity index (χ2v) is 13.0. The molecule has 0 spiro atoms. The third kappa shape index (κ3) is 22.5. The normalized spacial score (nSPS) is 18.2. The number of hydrogen-bond acceptors (Lipinski definition) is 23. The summed E-state index contributed by atoms with van der Waals surface area (Å²) in [7, 11) is -3.12. The number of nitrogens with zero attached hydrogens (tertiary/aromatic N) is 8. The lowest BCUT2D eigenvalue weighted by molar-refractivity contribution is -0.796. The van der Waals surface area contributed by atoms with E-state index in [9.17, 15) is 59.0 Å². The summed E-state index contributed by atoms with van der Waals surface area (Å²) < 4.78 is 21.9. The van der Waals surface area contributed by atoms with Gasteiger partial charge in [-0.15, -0.1) is 50.6 Å². The van der Waals surface area contributed by atoms with Gasteiger partial charge in [0.15, 0.2) is 9.84 Å². The minimum absolute atomic E-state index is 0.0223. The lowest BCUT2D eigenvalue weighted by Gasteiger charge is -2.21. The van der Waals surface area contributed by atoms with E-state index in [0.717, 1.165) is 0 Å². The molecule has 46 heavy (non-hydrogen) atoms. The van der Waals surface area contributed by atoms with Crippen molar-refractivity contribution in [3.8, 4) is 16.2 Å². The van der Waals surface area contributed by atoms with Crippen molar-refractivity contribution in [2.24, 2.45) is 5.92 Å². The fourth-order valence-corrected chi connectivity index (χ4v) is 6.97. The molecule has 1 rings (SSSR count).